The number of aliphatic carboxylic acids is 6. The molecule has 0 aliphatic rings. The summed E-state index contributed by atoms with van der Waals surface area (Å²) in [4.78, 5) is 76.3. The van der Waals surface area contributed by atoms with Crippen molar-refractivity contribution in [2.75, 3.05) is 0 Å². The van der Waals surface area contributed by atoms with Gasteiger partial charge < -0.3 is 35.5 Å². The Hall–Kier alpha value is -1.07. The number of nitrogens with one attached hydrogen (secondary N) is 1. The summed E-state index contributed by atoms with van der Waals surface area (Å²) in [7, 11) is -5.83. The molecular weight excluding hydrogens is 475 g/mol. The molecule has 0 bridgehead atoms. The van der Waals surface area contributed by atoms with Crippen LogP contribution in [0.3, 0.4) is 0 Å². The van der Waals surface area contributed by atoms with Gasteiger partial charge in [-0.25, -0.2) is 14.4 Å². The SMILES string of the molecule is O=C(O)CC(CC(=O)O)(NP(=O)(O)OC(CC(=O)O)(CC(=O)O)C(=O)O)C(=O)O.[Na+].[Na+]. The Morgan fingerprint density at radius 2 is 1.00 bits per heavy atom. The second kappa shape index (κ2) is 13.5. The monoisotopic (exact) mass is 491 g/mol. The van der Waals surface area contributed by atoms with Crippen LogP contribution in [0.15, 0.2) is 0 Å². The Morgan fingerprint density at radius 3 is 1.23 bits per heavy atom. The molecular formula is C12H16NNa2O15P+2. The van der Waals surface area contributed by atoms with E-state index < -0.39 is 80.4 Å². The van der Waals surface area contributed by atoms with Crippen molar-refractivity contribution in [1.29, 1.82) is 0 Å². The maximum absolute atomic E-state index is 12.3. The molecule has 0 radical (unpaired) electrons. The average molecular weight is 491 g/mol. The van der Waals surface area contributed by atoms with Crippen LogP contribution in [0.1, 0.15) is 25.7 Å². The molecule has 1 atom stereocenters. The molecule has 1 unspecified atom stereocenters. The molecule has 0 fully saturated rings. The number of hydrogen-bond donors (Lipinski definition) is 8. The molecule has 0 aliphatic carbocycles. The summed E-state index contributed by atoms with van der Waals surface area (Å²) in [6.07, 6.45) is -6.53. The summed E-state index contributed by atoms with van der Waals surface area (Å²) in [6, 6.07) is 0. The molecule has 16 nitrogen and oxygen atoms in total. The van der Waals surface area contributed by atoms with Gasteiger partial charge in [-0.15, -0.1) is 0 Å². The second-order valence-corrected chi connectivity index (χ2v) is 7.14. The fourth-order valence-corrected chi connectivity index (χ4v) is 3.71. The zero-order chi connectivity index (χ0) is 23.2. The average Bonchev–Trinajstić information content (AvgIpc) is 2.41. The van der Waals surface area contributed by atoms with E-state index in [4.69, 9.17) is 25.5 Å². The van der Waals surface area contributed by atoms with Gasteiger partial charge >= 0.3 is 103 Å². The summed E-state index contributed by atoms with van der Waals surface area (Å²) in [6.45, 7) is 0. The molecule has 0 heterocycles. The van der Waals surface area contributed by atoms with Crippen molar-refractivity contribution < 1.29 is 133 Å². The van der Waals surface area contributed by atoms with E-state index in [1.807, 2.05) is 0 Å². The first kappa shape index (κ1) is 34.5. The molecule has 0 aromatic heterocycles. The minimum absolute atomic E-state index is 0. The van der Waals surface area contributed by atoms with Gasteiger partial charge in [0, 0.05) is 0 Å². The zero-order valence-corrected chi connectivity index (χ0v) is 21.1. The molecule has 0 spiro atoms. The molecule has 8 N–H and O–H groups in total. The Labute approximate surface area is 216 Å². The van der Waals surface area contributed by atoms with Gasteiger partial charge in [-0.3, -0.25) is 28.5 Å². The summed E-state index contributed by atoms with van der Waals surface area (Å²) >= 11 is 0. The largest absolute Gasteiger partial charge is 1.00 e. The maximum atomic E-state index is 12.3. The first-order valence-electron chi connectivity index (χ1n) is 7.14. The van der Waals surface area contributed by atoms with E-state index in [9.17, 15) is 43.3 Å². The molecule has 0 aromatic carbocycles. The predicted molar refractivity (Wildman–Crippen MR) is 83.8 cm³/mol. The quantitative estimate of drug-likeness (QED) is 0.0827. The number of carboxylic acid groups (broad SMARTS) is 6. The van der Waals surface area contributed by atoms with Crippen molar-refractivity contribution in [1.82, 2.24) is 5.09 Å². The summed E-state index contributed by atoms with van der Waals surface area (Å²) in [5, 5.41) is 54.8. The van der Waals surface area contributed by atoms with E-state index in [1.165, 1.54) is 5.09 Å². The predicted octanol–water partition coefficient (Wildman–Crippen LogP) is -7.75. The van der Waals surface area contributed by atoms with Crippen molar-refractivity contribution in [2.45, 2.75) is 36.8 Å². The van der Waals surface area contributed by atoms with Crippen LogP contribution in [0.5, 0.6) is 0 Å². The number of rotatable bonds is 14. The van der Waals surface area contributed by atoms with Crippen molar-refractivity contribution in [3.8, 4) is 0 Å². The van der Waals surface area contributed by atoms with Crippen LogP contribution >= 0.6 is 7.75 Å². The van der Waals surface area contributed by atoms with Crippen LogP contribution in [0, 0.1) is 0 Å². The van der Waals surface area contributed by atoms with Gasteiger partial charge in [0.2, 0.25) is 0 Å². The van der Waals surface area contributed by atoms with Crippen LogP contribution < -0.4 is 64.2 Å². The van der Waals surface area contributed by atoms with Crippen molar-refractivity contribution in [2.24, 2.45) is 0 Å². The van der Waals surface area contributed by atoms with Gasteiger partial charge in [0.15, 0.2) is 5.60 Å². The number of carboxylic acids is 6. The van der Waals surface area contributed by atoms with E-state index in [1.54, 1.807) is 0 Å². The Balaban J connectivity index is -0.00000392. The first-order valence-corrected chi connectivity index (χ1v) is 8.72. The third kappa shape index (κ3) is 11.4. The van der Waals surface area contributed by atoms with E-state index in [-0.39, 0.29) is 59.1 Å². The molecule has 0 saturated heterocycles. The number of hydrogen-bond acceptors (Lipinski definition) is 8. The van der Waals surface area contributed by atoms with Crippen LogP contribution in [0.25, 0.3) is 0 Å². The van der Waals surface area contributed by atoms with E-state index >= 15 is 0 Å². The standard InChI is InChI=1S/C12H16NO15P.2Na/c14-5(15)1-11(9(22)23,2-6(16)17)13-29(26,27)28-12(10(24)25,3-7(18)19)4-8(20)21;;/h1-4H2,(H,14,15)(H,16,17)(H,18,19)(H,20,21)(H,22,23)(H,24,25)(H2,13,26,27);;/q;2*+1. The molecule has 31 heavy (non-hydrogen) atoms. The van der Waals surface area contributed by atoms with Gasteiger partial charge in [-0.1, -0.05) is 0 Å². The van der Waals surface area contributed by atoms with Crippen LogP contribution in [0.2, 0.25) is 0 Å². The summed E-state index contributed by atoms with van der Waals surface area (Å²) < 4.78 is 16.6. The maximum Gasteiger partial charge on any atom is 1.00 e. The fraction of sp³-hybridized carbons (Fsp3) is 0.500. The molecule has 164 valence electrons. The van der Waals surface area contributed by atoms with E-state index in [0.717, 1.165) is 0 Å². The Morgan fingerprint density at radius 1 is 0.677 bits per heavy atom. The minimum atomic E-state index is -5.83. The van der Waals surface area contributed by atoms with Gasteiger partial charge in [0.25, 0.3) is 0 Å². The van der Waals surface area contributed by atoms with Gasteiger partial charge in [-0.2, -0.15) is 0 Å². The van der Waals surface area contributed by atoms with Crippen molar-refractivity contribution in [3.05, 3.63) is 0 Å². The van der Waals surface area contributed by atoms with Crippen molar-refractivity contribution in [3.63, 3.8) is 0 Å². The Kier molecular flexibility index (Phi) is 15.0. The summed E-state index contributed by atoms with van der Waals surface area (Å²) in [5.41, 5.74) is -6.58. The third-order valence-corrected chi connectivity index (χ3v) is 4.54. The molecule has 0 rings (SSSR count). The van der Waals surface area contributed by atoms with Gasteiger partial charge in [0.1, 0.15) is 5.54 Å². The second-order valence-electron chi connectivity index (χ2n) is 5.69. The third-order valence-electron chi connectivity index (χ3n) is 3.23. The van der Waals surface area contributed by atoms with E-state index in [0.29, 0.717) is 0 Å². The smallest absolute Gasteiger partial charge is 0.481 e. The molecule has 0 aliphatic heterocycles. The topological polar surface area (TPSA) is 282 Å². The molecule has 0 saturated carbocycles. The van der Waals surface area contributed by atoms with Gasteiger partial charge in [0.05, 0.1) is 25.7 Å². The fourth-order valence-electron chi connectivity index (χ4n) is 2.19. The zero-order valence-electron chi connectivity index (χ0n) is 16.2. The molecule has 0 aromatic rings. The summed E-state index contributed by atoms with van der Waals surface area (Å²) in [5.74, 6) is -12.4. The van der Waals surface area contributed by atoms with Crippen molar-refractivity contribution >= 4 is 43.6 Å². The van der Waals surface area contributed by atoms with Gasteiger partial charge in [-0.05, 0) is 0 Å². The minimum Gasteiger partial charge on any atom is -0.481 e. The number of carbonyl (C=O) groups is 6. The van der Waals surface area contributed by atoms with Crippen LogP contribution in [0.4, 0.5) is 0 Å². The normalized spacial score (nSPS) is 12.9. The molecule has 0 amide bonds. The van der Waals surface area contributed by atoms with Crippen LogP contribution in [-0.4, -0.2) is 82.5 Å². The van der Waals surface area contributed by atoms with E-state index in [2.05, 4.69) is 4.52 Å². The first-order chi connectivity index (χ1) is 13.0. The Bertz CT molecular complexity index is 692. The van der Waals surface area contributed by atoms with Crippen LogP contribution in [-0.2, 0) is 37.9 Å². The molecule has 19 heteroatoms.